The van der Waals surface area contributed by atoms with Gasteiger partial charge in [0.25, 0.3) is 0 Å². The lowest BCUT2D eigenvalue weighted by atomic mass is 9.74. The Morgan fingerprint density at radius 3 is 2.61 bits per heavy atom. The molecule has 6 rings (SSSR count). The number of aromatic hydroxyl groups is 1. The van der Waals surface area contributed by atoms with Gasteiger partial charge in [-0.05, 0) is 50.1 Å². The predicted molar refractivity (Wildman–Crippen MR) is 122 cm³/mol. The zero-order chi connectivity index (χ0) is 23.3. The van der Waals surface area contributed by atoms with Gasteiger partial charge in [-0.3, -0.25) is 4.57 Å². The number of hydrogen-bond acceptors (Lipinski definition) is 8. The number of rotatable bonds is 4. The molecular weight excluding hydrogens is 425 g/mol. The highest BCUT2D eigenvalue weighted by Gasteiger charge is 2.48. The maximum atomic E-state index is 15.2. The number of aromatic nitrogens is 5. The number of alkyl halides is 1. The van der Waals surface area contributed by atoms with E-state index in [4.69, 9.17) is 0 Å². The first-order chi connectivity index (χ1) is 15.8. The first kappa shape index (κ1) is 21.4. The van der Waals surface area contributed by atoms with Gasteiger partial charge in [-0.25, -0.2) is 14.2 Å². The number of anilines is 1. The number of piperidine rings is 2. The Morgan fingerprint density at radius 2 is 1.97 bits per heavy atom. The molecule has 0 spiro atoms. The molecule has 2 aromatic heterocycles. The Hall–Kier alpha value is -3.40. The quantitative estimate of drug-likeness (QED) is 0.642. The van der Waals surface area contributed by atoms with Crippen LogP contribution in [0, 0.1) is 5.92 Å². The van der Waals surface area contributed by atoms with Crippen LogP contribution in [0.2, 0.25) is 0 Å². The molecule has 2 saturated heterocycles. The Kier molecular flexibility index (Phi) is 5.32. The average molecular weight is 452 g/mol. The highest BCUT2D eigenvalue weighted by Crippen LogP contribution is 2.40. The number of hydrogen-bond donors (Lipinski definition) is 1. The number of phenolic OH excluding ortho intramolecular Hbond substituents is 1. The van der Waals surface area contributed by atoms with E-state index in [1.807, 2.05) is 19.0 Å². The third-order valence-electron chi connectivity index (χ3n) is 6.95. The molecule has 10 heteroatoms. The number of halogens is 1. The summed E-state index contributed by atoms with van der Waals surface area (Å²) in [7, 11) is 5.44. The monoisotopic (exact) mass is 451 g/mol. The summed E-state index contributed by atoms with van der Waals surface area (Å²) >= 11 is 0. The second kappa shape index (κ2) is 8.18. The number of nitrogens with zero attached hydrogens (tertiary/aromatic N) is 7. The molecule has 2 aliphatic heterocycles. The fourth-order valence-corrected chi connectivity index (χ4v) is 5.13. The average Bonchev–Trinajstić information content (AvgIpc) is 2.81. The predicted octanol–water partition coefficient (Wildman–Crippen LogP) is 1.87. The van der Waals surface area contributed by atoms with Crippen LogP contribution in [0.3, 0.4) is 0 Å². The Morgan fingerprint density at radius 1 is 1.15 bits per heavy atom. The summed E-state index contributed by atoms with van der Waals surface area (Å²) in [6, 6.07) is 8.21. The number of phenols is 1. The summed E-state index contributed by atoms with van der Waals surface area (Å²) in [4.78, 5) is 23.8. The topological polar surface area (TPSA) is 100 Å². The van der Waals surface area contributed by atoms with Gasteiger partial charge in [-0.15, -0.1) is 10.2 Å². The number of fused-ring (bicyclic) bond motifs is 3. The molecule has 3 fully saturated rings. The fourth-order valence-electron chi connectivity index (χ4n) is 5.13. The van der Waals surface area contributed by atoms with Crippen LogP contribution in [0.1, 0.15) is 12.8 Å². The van der Waals surface area contributed by atoms with Gasteiger partial charge in [0, 0.05) is 37.8 Å². The van der Waals surface area contributed by atoms with Crippen molar-refractivity contribution < 1.29 is 9.50 Å². The van der Waals surface area contributed by atoms with E-state index in [0.717, 1.165) is 19.4 Å². The minimum atomic E-state index is -0.928. The van der Waals surface area contributed by atoms with Crippen molar-refractivity contribution in [2.45, 2.75) is 31.1 Å². The molecule has 2 bridgehead atoms. The van der Waals surface area contributed by atoms with Crippen LogP contribution in [0.4, 0.5) is 10.2 Å². The molecule has 0 radical (unpaired) electrons. The molecule has 3 aliphatic rings. The number of benzene rings is 1. The van der Waals surface area contributed by atoms with Crippen LogP contribution in [0.25, 0.3) is 22.6 Å². The van der Waals surface area contributed by atoms with Gasteiger partial charge in [-0.2, -0.15) is 4.98 Å². The molecule has 1 aliphatic carbocycles. The zero-order valence-electron chi connectivity index (χ0n) is 18.8. The summed E-state index contributed by atoms with van der Waals surface area (Å²) in [6.07, 6.45) is 2.37. The first-order valence-corrected chi connectivity index (χ1v) is 11.0. The summed E-state index contributed by atoms with van der Waals surface area (Å²) in [5.41, 5.74) is 1.07. The van der Waals surface area contributed by atoms with Gasteiger partial charge in [0.1, 0.15) is 18.2 Å². The first-order valence-electron chi connectivity index (χ1n) is 11.0. The maximum Gasteiger partial charge on any atom is 0.350 e. The smallest absolute Gasteiger partial charge is 0.350 e. The second-order valence-corrected chi connectivity index (χ2v) is 8.97. The highest BCUT2D eigenvalue weighted by atomic mass is 19.1. The SMILES string of the molecule is CN1CC2CCC1[C@H](F)[C@@H]2N(C)c1ccc(-c2ccc(-c3ncn(C)c(=O)n3)cc2O)nn1. The Balaban J connectivity index is 1.37. The molecule has 4 atom stereocenters. The van der Waals surface area contributed by atoms with E-state index in [9.17, 15) is 9.90 Å². The molecule has 0 amide bonds. The summed E-state index contributed by atoms with van der Waals surface area (Å²) in [6.45, 7) is 0.892. The largest absolute Gasteiger partial charge is 0.507 e. The van der Waals surface area contributed by atoms with E-state index in [0.29, 0.717) is 22.6 Å². The van der Waals surface area contributed by atoms with Gasteiger partial charge < -0.3 is 14.9 Å². The third-order valence-corrected chi connectivity index (χ3v) is 6.95. The van der Waals surface area contributed by atoms with Gasteiger partial charge in [0.05, 0.1) is 11.7 Å². The van der Waals surface area contributed by atoms with E-state index in [1.165, 1.54) is 17.0 Å². The molecule has 4 heterocycles. The van der Waals surface area contributed by atoms with Crippen molar-refractivity contribution in [3.8, 4) is 28.4 Å². The van der Waals surface area contributed by atoms with Gasteiger partial charge in [0.15, 0.2) is 11.6 Å². The lowest BCUT2D eigenvalue weighted by Gasteiger charge is -2.52. The van der Waals surface area contributed by atoms with Gasteiger partial charge in [0.2, 0.25) is 0 Å². The van der Waals surface area contributed by atoms with Crippen LogP contribution in [0.15, 0.2) is 41.5 Å². The van der Waals surface area contributed by atoms with E-state index in [-0.39, 0.29) is 29.6 Å². The zero-order valence-corrected chi connectivity index (χ0v) is 18.8. The summed E-state index contributed by atoms with van der Waals surface area (Å²) in [5.74, 6) is 1.07. The van der Waals surface area contributed by atoms with Crippen molar-refractivity contribution >= 4 is 5.82 Å². The normalized spacial score (nSPS) is 24.7. The minimum absolute atomic E-state index is 0.0244. The van der Waals surface area contributed by atoms with Crippen LogP contribution >= 0.6 is 0 Å². The molecule has 2 unspecified atom stereocenters. The molecule has 1 saturated carbocycles. The minimum Gasteiger partial charge on any atom is -0.507 e. The van der Waals surface area contributed by atoms with Crippen LogP contribution in [-0.2, 0) is 7.05 Å². The van der Waals surface area contributed by atoms with Gasteiger partial charge in [-0.1, -0.05) is 6.07 Å². The van der Waals surface area contributed by atoms with E-state index >= 15 is 4.39 Å². The fraction of sp³-hybridized carbons (Fsp3) is 0.435. The maximum absolute atomic E-state index is 15.2. The number of aryl methyl sites for hydroxylation is 1. The molecule has 3 aromatic rings. The Bertz CT molecular complexity index is 1230. The molecular formula is C23H26FN7O2. The van der Waals surface area contributed by atoms with E-state index in [2.05, 4.69) is 25.1 Å². The van der Waals surface area contributed by atoms with Crippen molar-refractivity contribution in [2.24, 2.45) is 13.0 Å². The summed E-state index contributed by atoms with van der Waals surface area (Å²) < 4.78 is 16.4. The van der Waals surface area contributed by atoms with Crippen LogP contribution in [0.5, 0.6) is 5.75 Å². The molecule has 172 valence electrons. The lowest BCUT2D eigenvalue weighted by molar-refractivity contribution is -0.0177. The molecule has 9 nitrogen and oxygen atoms in total. The van der Waals surface area contributed by atoms with Crippen molar-refractivity contribution in [3.63, 3.8) is 0 Å². The molecule has 33 heavy (non-hydrogen) atoms. The molecule has 1 aromatic carbocycles. The third kappa shape index (κ3) is 3.74. The van der Waals surface area contributed by atoms with Crippen LogP contribution in [-0.4, -0.2) is 73.6 Å². The standard InChI is InChI=1S/C23H26FN7O2/c1-29-11-14-5-8-17(29)20(24)21(14)31(3)19-9-7-16(27-28-19)15-6-4-13(10-18(15)32)22-25-12-30(2)23(33)26-22/h4,6-7,9-10,12,14,17,20-21,32H,5,8,11H2,1-3H3/t14?,17?,20-,21+/m0/s1. The Labute approximate surface area is 190 Å². The van der Waals surface area contributed by atoms with Crippen molar-refractivity contribution in [3.05, 3.63) is 47.1 Å². The van der Waals surface area contributed by atoms with Crippen LogP contribution < -0.4 is 10.6 Å². The summed E-state index contributed by atoms with van der Waals surface area (Å²) in [5, 5.41) is 19.2. The van der Waals surface area contributed by atoms with Crippen molar-refractivity contribution in [1.29, 1.82) is 0 Å². The van der Waals surface area contributed by atoms with Crippen molar-refractivity contribution in [1.82, 2.24) is 29.6 Å². The molecule has 1 N–H and O–H groups in total. The highest BCUT2D eigenvalue weighted by molar-refractivity contribution is 5.72. The van der Waals surface area contributed by atoms with Crippen molar-refractivity contribution in [2.75, 3.05) is 25.5 Å². The van der Waals surface area contributed by atoms with E-state index in [1.54, 1.807) is 31.3 Å². The van der Waals surface area contributed by atoms with Gasteiger partial charge >= 0.3 is 5.69 Å². The lowest BCUT2D eigenvalue weighted by Crippen LogP contribution is -2.64. The second-order valence-electron chi connectivity index (χ2n) is 8.97. The van der Waals surface area contributed by atoms with E-state index < -0.39 is 11.9 Å².